The summed E-state index contributed by atoms with van der Waals surface area (Å²) < 4.78 is 0. The minimum Gasteiger partial charge on any atom is -0.370 e. The van der Waals surface area contributed by atoms with Gasteiger partial charge in [-0.15, -0.1) is 0 Å². The van der Waals surface area contributed by atoms with Crippen molar-refractivity contribution in [3.8, 4) is 0 Å². The molecule has 2 heterocycles. The molecule has 3 heteroatoms. The van der Waals surface area contributed by atoms with Gasteiger partial charge in [-0.2, -0.15) is 0 Å². The molecule has 1 aliphatic heterocycles. The third kappa shape index (κ3) is 1.60. The molecule has 0 saturated heterocycles. The van der Waals surface area contributed by atoms with E-state index in [-0.39, 0.29) is 11.8 Å². The number of ketones is 1. The van der Waals surface area contributed by atoms with Crippen LogP contribution in [0.5, 0.6) is 0 Å². The first-order valence-electron chi connectivity index (χ1n) is 5.58. The van der Waals surface area contributed by atoms with Gasteiger partial charge in [-0.1, -0.05) is 30.4 Å². The van der Waals surface area contributed by atoms with E-state index in [9.17, 15) is 4.79 Å². The standard InChI is InChI=1S/C14H12N2O/c1-9(17)12-7-6-11-5-4-10-3-2-8-15-13(10)14(11)16-12/h2-8,12,16H,1H3. The van der Waals surface area contributed by atoms with E-state index in [2.05, 4.69) is 10.3 Å². The number of carbonyl (C=O) groups is 1. The van der Waals surface area contributed by atoms with Crippen LogP contribution < -0.4 is 5.32 Å². The van der Waals surface area contributed by atoms with Crippen molar-refractivity contribution in [3.63, 3.8) is 0 Å². The summed E-state index contributed by atoms with van der Waals surface area (Å²) in [6.07, 6.45) is 5.64. The van der Waals surface area contributed by atoms with Crippen molar-refractivity contribution in [3.05, 3.63) is 42.1 Å². The summed E-state index contributed by atoms with van der Waals surface area (Å²) in [7, 11) is 0. The summed E-state index contributed by atoms with van der Waals surface area (Å²) in [4.78, 5) is 15.8. The lowest BCUT2D eigenvalue weighted by Crippen LogP contribution is -2.27. The van der Waals surface area contributed by atoms with Crippen LogP contribution in [0.1, 0.15) is 12.5 Å². The molecule has 0 radical (unpaired) electrons. The Bertz CT molecular complexity index is 631. The van der Waals surface area contributed by atoms with E-state index in [1.807, 2.05) is 36.4 Å². The smallest absolute Gasteiger partial charge is 0.155 e. The Kier molecular flexibility index (Phi) is 2.18. The lowest BCUT2D eigenvalue weighted by atomic mass is 10.0. The fourth-order valence-corrected chi connectivity index (χ4v) is 2.09. The highest BCUT2D eigenvalue weighted by Gasteiger charge is 2.18. The highest BCUT2D eigenvalue weighted by molar-refractivity contribution is 5.99. The van der Waals surface area contributed by atoms with Crippen molar-refractivity contribution in [1.82, 2.24) is 4.98 Å². The van der Waals surface area contributed by atoms with Crippen LogP contribution in [0.3, 0.4) is 0 Å². The van der Waals surface area contributed by atoms with E-state index in [4.69, 9.17) is 0 Å². The third-order valence-corrected chi connectivity index (χ3v) is 3.01. The highest BCUT2D eigenvalue weighted by Crippen LogP contribution is 2.30. The molecule has 1 N–H and O–H groups in total. The second-order valence-electron chi connectivity index (χ2n) is 4.20. The van der Waals surface area contributed by atoms with Crippen molar-refractivity contribution in [2.24, 2.45) is 0 Å². The van der Waals surface area contributed by atoms with E-state index >= 15 is 0 Å². The fourth-order valence-electron chi connectivity index (χ4n) is 2.09. The van der Waals surface area contributed by atoms with E-state index in [0.29, 0.717) is 0 Å². The molecule has 84 valence electrons. The normalized spacial score (nSPS) is 17.6. The van der Waals surface area contributed by atoms with Gasteiger partial charge in [0.15, 0.2) is 5.78 Å². The summed E-state index contributed by atoms with van der Waals surface area (Å²) in [5.41, 5.74) is 2.94. The number of hydrogen-bond acceptors (Lipinski definition) is 3. The molecule has 3 rings (SSSR count). The van der Waals surface area contributed by atoms with Gasteiger partial charge in [0.05, 0.1) is 11.2 Å². The van der Waals surface area contributed by atoms with Gasteiger partial charge in [0.2, 0.25) is 0 Å². The molecule has 0 aliphatic carbocycles. The molecule has 1 aromatic carbocycles. The van der Waals surface area contributed by atoms with Gasteiger partial charge in [-0.3, -0.25) is 9.78 Å². The summed E-state index contributed by atoms with van der Waals surface area (Å²) in [5.74, 6) is 0.111. The van der Waals surface area contributed by atoms with Gasteiger partial charge >= 0.3 is 0 Å². The molecule has 0 fully saturated rings. The molecule has 3 nitrogen and oxygen atoms in total. The van der Waals surface area contributed by atoms with Crippen LogP contribution >= 0.6 is 0 Å². The van der Waals surface area contributed by atoms with Crippen molar-refractivity contribution >= 4 is 28.4 Å². The number of Topliss-reactive ketones (excluding diaryl/α,β-unsaturated/α-hetero) is 1. The van der Waals surface area contributed by atoms with E-state index in [0.717, 1.165) is 22.2 Å². The van der Waals surface area contributed by atoms with Crippen LogP contribution in [-0.2, 0) is 4.79 Å². The number of hydrogen-bond donors (Lipinski definition) is 1. The van der Waals surface area contributed by atoms with Crippen LogP contribution in [0.4, 0.5) is 5.69 Å². The summed E-state index contributed by atoms with van der Waals surface area (Å²) in [6, 6.07) is 7.77. The fraction of sp³-hybridized carbons (Fsp3) is 0.143. The summed E-state index contributed by atoms with van der Waals surface area (Å²) in [5, 5.41) is 4.32. The zero-order valence-corrected chi connectivity index (χ0v) is 9.47. The van der Waals surface area contributed by atoms with Crippen molar-refractivity contribution in [2.45, 2.75) is 13.0 Å². The predicted molar refractivity (Wildman–Crippen MR) is 68.9 cm³/mol. The Hall–Kier alpha value is -2.16. The number of rotatable bonds is 1. The topological polar surface area (TPSA) is 42.0 Å². The van der Waals surface area contributed by atoms with Gasteiger partial charge in [-0.25, -0.2) is 0 Å². The summed E-state index contributed by atoms with van der Waals surface area (Å²) in [6.45, 7) is 1.59. The maximum absolute atomic E-state index is 11.4. The Balaban J connectivity index is 2.21. The van der Waals surface area contributed by atoms with Crippen molar-refractivity contribution in [1.29, 1.82) is 0 Å². The predicted octanol–water partition coefficient (Wildman–Crippen LogP) is 2.63. The molecule has 1 aliphatic rings. The van der Waals surface area contributed by atoms with Crippen LogP contribution in [-0.4, -0.2) is 16.8 Å². The Labute approximate surface area is 99.2 Å². The maximum atomic E-state index is 11.4. The number of aromatic nitrogens is 1. The molecule has 0 spiro atoms. The number of benzene rings is 1. The van der Waals surface area contributed by atoms with E-state index < -0.39 is 0 Å². The molecular weight excluding hydrogens is 212 g/mol. The lowest BCUT2D eigenvalue weighted by molar-refractivity contribution is -0.116. The second kappa shape index (κ2) is 3.70. The van der Waals surface area contributed by atoms with Crippen LogP contribution in [0, 0.1) is 0 Å². The first kappa shape index (κ1) is 10.0. The molecular formula is C14H12N2O. The monoisotopic (exact) mass is 224 g/mol. The van der Waals surface area contributed by atoms with Crippen molar-refractivity contribution in [2.75, 3.05) is 5.32 Å². The zero-order chi connectivity index (χ0) is 11.8. The molecule has 0 saturated carbocycles. The lowest BCUT2D eigenvalue weighted by Gasteiger charge is -2.21. The first-order valence-corrected chi connectivity index (χ1v) is 5.58. The van der Waals surface area contributed by atoms with Crippen LogP contribution in [0.2, 0.25) is 0 Å². The van der Waals surface area contributed by atoms with Crippen LogP contribution in [0.25, 0.3) is 17.0 Å². The van der Waals surface area contributed by atoms with E-state index in [1.54, 1.807) is 13.1 Å². The van der Waals surface area contributed by atoms with Gasteiger partial charge in [0.1, 0.15) is 6.04 Å². The van der Waals surface area contributed by atoms with Gasteiger partial charge in [0.25, 0.3) is 0 Å². The number of anilines is 1. The SMILES string of the molecule is CC(=O)C1C=Cc2ccc3cccnc3c2N1. The average Bonchev–Trinajstić information content (AvgIpc) is 2.38. The number of nitrogens with zero attached hydrogens (tertiary/aromatic N) is 1. The molecule has 0 amide bonds. The zero-order valence-electron chi connectivity index (χ0n) is 9.47. The molecule has 17 heavy (non-hydrogen) atoms. The van der Waals surface area contributed by atoms with Gasteiger partial charge in [-0.05, 0) is 18.6 Å². The largest absolute Gasteiger partial charge is 0.370 e. The Morgan fingerprint density at radius 1 is 1.35 bits per heavy atom. The van der Waals surface area contributed by atoms with Crippen molar-refractivity contribution < 1.29 is 4.79 Å². The van der Waals surface area contributed by atoms with Gasteiger partial charge in [0, 0.05) is 11.6 Å². The molecule has 0 bridgehead atoms. The highest BCUT2D eigenvalue weighted by atomic mass is 16.1. The molecule has 1 unspecified atom stereocenters. The number of carbonyl (C=O) groups excluding carboxylic acids is 1. The molecule has 1 aromatic heterocycles. The number of pyridine rings is 1. The minimum absolute atomic E-state index is 0.111. The quantitative estimate of drug-likeness (QED) is 0.809. The second-order valence-corrected chi connectivity index (χ2v) is 4.20. The molecule has 1 atom stereocenters. The average molecular weight is 224 g/mol. The first-order chi connectivity index (χ1) is 8.25. The Morgan fingerprint density at radius 2 is 2.24 bits per heavy atom. The Morgan fingerprint density at radius 3 is 3.06 bits per heavy atom. The maximum Gasteiger partial charge on any atom is 0.155 e. The summed E-state index contributed by atoms with van der Waals surface area (Å²) >= 11 is 0. The molecule has 2 aromatic rings. The number of nitrogens with one attached hydrogen (secondary N) is 1. The minimum atomic E-state index is -0.241. The van der Waals surface area contributed by atoms with E-state index in [1.165, 1.54) is 0 Å². The van der Waals surface area contributed by atoms with Gasteiger partial charge < -0.3 is 5.32 Å². The number of fused-ring (bicyclic) bond motifs is 3. The third-order valence-electron chi connectivity index (χ3n) is 3.01. The van der Waals surface area contributed by atoms with Crippen LogP contribution in [0.15, 0.2) is 36.5 Å².